The van der Waals surface area contributed by atoms with Crippen molar-refractivity contribution >= 4 is 33.0 Å². The summed E-state index contributed by atoms with van der Waals surface area (Å²) in [6.45, 7) is 3.65. The number of rotatable bonds is 8. The zero-order valence-corrected chi connectivity index (χ0v) is 20.2. The van der Waals surface area contributed by atoms with E-state index in [4.69, 9.17) is 4.74 Å². The average molecular weight is 480 g/mol. The minimum Gasteiger partial charge on any atom is -0.497 e. The van der Waals surface area contributed by atoms with Crippen LogP contribution < -0.4 is 19.3 Å². The average Bonchev–Trinajstić information content (AvgIpc) is 3.39. The smallest absolute Gasteiger partial charge is 0.264 e. The number of hydrogen-bond acceptors (Lipinski definition) is 5. The standard InChI is InChI=1S/C26H29N3O4S/c1-20-5-9-23(10-6-20)29(34(31,32)25-15-13-24(33-2)14-16-25)19-26(30)27-21-7-11-22(12-8-21)28-17-3-4-18-28/h5-16H,3-4,17-19H2,1-2H3,(H,27,30). The number of nitrogens with zero attached hydrogens (tertiary/aromatic N) is 2. The molecule has 4 rings (SSSR count). The van der Waals surface area contributed by atoms with E-state index in [0.29, 0.717) is 17.1 Å². The second kappa shape index (κ2) is 10.2. The van der Waals surface area contributed by atoms with Crippen molar-refractivity contribution in [3.05, 3.63) is 78.4 Å². The Morgan fingerprint density at radius 1 is 0.941 bits per heavy atom. The molecule has 0 spiro atoms. The molecule has 0 saturated carbocycles. The van der Waals surface area contributed by atoms with Crippen LogP contribution in [0.3, 0.4) is 0 Å². The van der Waals surface area contributed by atoms with E-state index in [1.807, 2.05) is 43.3 Å². The Bertz CT molecular complexity index is 1220. The van der Waals surface area contributed by atoms with Gasteiger partial charge >= 0.3 is 0 Å². The van der Waals surface area contributed by atoms with Gasteiger partial charge in [0, 0.05) is 24.5 Å². The third-order valence-corrected chi connectivity index (χ3v) is 7.67. The Balaban J connectivity index is 1.55. The molecule has 0 atom stereocenters. The maximum Gasteiger partial charge on any atom is 0.264 e. The van der Waals surface area contributed by atoms with Crippen LogP contribution in [0.4, 0.5) is 17.1 Å². The van der Waals surface area contributed by atoms with Gasteiger partial charge in [0.2, 0.25) is 5.91 Å². The SMILES string of the molecule is COc1ccc(S(=O)(=O)N(CC(=O)Nc2ccc(N3CCCC3)cc2)c2ccc(C)cc2)cc1. The number of anilines is 3. The van der Waals surface area contributed by atoms with Crippen LogP contribution in [0.2, 0.25) is 0 Å². The first kappa shape index (κ1) is 23.6. The lowest BCUT2D eigenvalue weighted by atomic mass is 10.2. The van der Waals surface area contributed by atoms with Crippen LogP contribution >= 0.6 is 0 Å². The molecule has 0 unspecified atom stereocenters. The van der Waals surface area contributed by atoms with Crippen LogP contribution in [0, 0.1) is 6.92 Å². The minimum atomic E-state index is -3.99. The summed E-state index contributed by atoms with van der Waals surface area (Å²) in [6, 6.07) is 20.8. The van der Waals surface area contributed by atoms with Gasteiger partial charge in [-0.1, -0.05) is 17.7 Å². The minimum absolute atomic E-state index is 0.0802. The lowest BCUT2D eigenvalue weighted by molar-refractivity contribution is -0.114. The maximum atomic E-state index is 13.5. The fourth-order valence-corrected chi connectivity index (χ4v) is 5.38. The number of carbonyl (C=O) groups is 1. The summed E-state index contributed by atoms with van der Waals surface area (Å²) in [5.41, 5.74) is 3.16. The molecule has 34 heavy (non-hydrogen) atoms. The van der Waals surface area contributed by atoms with E-state index in [-0.39, 0.29) is 11.4 Å². The summed E-state index contributed by atoms with van der Waals surface area (Å²) in [7, 11) is -2.47. The monoisotopic (exact) mass is 479 g/mol. The van der Waals surface area contributed by atoms with Crippen LogP contribution in [-0.2, 0) is 14.8 Å². The number of nitrogens with one attached hydrogen (secondary N) is 1. The quantitative estimate of drug-likeness (QED) is 0.517. The van der Waals surface area contributed by atoms with Crippen molar-refractivity contribution < 1.29 is 17.9 Å². The predicted octanol–water partition coefficient (Wildman–Crippen LogP) is 4.44. The van der Waals surface area contributed by atoms with Crippen molar-refractivity contribution in [3.63, 3.8) is 0 Å². The summed E-state index contributed by atoms with van der Waals surface area (Å²) < 4.78 is 33.3. The summed E-state index contributed by atoms with van der Waals surface area (Å²) in [5, 5.41) is 2.83. The summed E-state index contributed by atoms with van der Waals surface area (Å²) >= 11 is 0. The number of sulfonamides is 1. The van der Waals surface area contributed by atoms with Crippen LogP contribution in [0.25, 0.3) is 0 Å². The van der Waals surface area contributed by atoms with Gasteiger partial charge in [0.05, 0.1) is 17.7 Å². The van der Waals surface area contributed by atoms with E-state index >= 15 is 0 Å². The van der Waals surface area contributed by atoms with Crippen LogP contribution in [0.1, 0.15) is 18.4 Å². The van der Waals surface area contributed by atoms with Gasteiger partial charge in [-0.25, -0.2) is 8.42 Å². The molecular weight excluding hydrogens is 450 g/mol. The van der Waals surface area contributed by atoms with Crippen LogP contribution in [0.5, 0.6) is 5.75 Å². The second-order valence-electron chi connectivity index (χ2n) is 8.31. The van der Waals surface area contributed by atoms with Crippen LogP contribution in [0.15, 0.2) is 77.7 Å². The van der Waals surface area contributed by atoms with Crippen molar-refractivity contribution in [3.8, 4) is 5.75 Å². The summed E-state index contributed by atoms with van der Waals surface area (Å²) in [5.74, 6) is 0.127. The molecule has 0 bridgehead atoms. The molecular formula is C26H29N3O4S. The number of methoxy groups -OCH3 is 1. The Morgan fingerprint density at radius 2 is 1.56 bits per heavy atom. The largest absolute Gasteiger partial charge is 0.497 e. The van der Waals surface area contributed by atoms with E-state index in [1.54, 1.807) is 24.3 Å². The fraction of sp³-hybridized carbons (Fsp3) is 0.269. The van der Waals surface area contributed by atoms with Gasteiger partial charge in [-0.15, -0.1) is 0 Å². The zero-order valence-electron chi connectivity index (χ0n) is 19.4. The molecule has 3 aromatic carbocycles. The van der Waals surface area contributed by atoms with E-state index < -0.39 is 15.9 Å². The van der Waals surface area contributed by atoms with Gasteiger partial charge < -0.3 is 15.0 Å². The highest BCUT2D eigenvalue weighted by molar-refractivity contribution is 7.92. The van der Waals surface area contributed by atoms with Crippen molar-refractivity contribution in [2.75, 3.05) is 41.3 Å². The molecule has 3 aromatic rings. The molecule has 1 aliphatic heterocycles. The Labute approximate surface area is 201 Å². The molecule has 8 heteroatoms. The van der Waals surface area contributed by atoms with Crippen molar-refractivity contribution in [1.29, 1.82) is 0 Å². The van der Waals surface area contributed by atoms with Crippen LogP contribution in [-0.4, -0.2) is 41.1 Å². The molecule has 1 fully saturated rings. The first-order valence-corrected chi connectivity index (χ1v) is 12.7. The number of carbonyl (C=O) groups excluding carboxylic acids is 1. The van der Waals surface area contributed by atoms with Crippen molar-refractivity contribution in [2.24, 2.45) is 0 Å². The molecule has 1 aliphatic rings. The topological polar surface area (TPSA) is 79.0 Å². The molecule has 0 aliphatic carbocycles. The second-order valence-corrected chi connectivity index (χ2v) is 10.2. The number of aryl methyl sites for hydroxylation is 1. The Morgan fingerprint density at radius 3 is 2.15 bits per heavy atom. The zero-order chi connectivity index (χ0) is 24.1. The number of benzene rings is 3. The Hall–Kier alpha value is -3.52. The summed E-state index contributed by atoms with van der Waals surface area (Å²) in [4.78, 5) is 15.3. The highest BCUT2D eigenvalue weighted by Gasteiger charge is 2.27. The number of hydrogen-bond donors (Lipinski definition) is 1. The molecule has 1 N–H and O–H groups in total. The molecule has 1 amide bonds. The Kier molecular flexibility index (Phi) is 7.07. The predicted molar refractivity (Wildman–Crippen MR) is 135 cm³/mol. The van der Waals surface area contributed by atoms with Gasteiger partial charge in [0.1, 0.15) is 12.3 Å². The van der Waals surface area contributed by atoms with E-state index in [1.165, 1.54) is 32.1 Å². The first-order chi connectivity index (χ1) is 16.4. The third kappa shape index (κ3) is 5.34. The highest BCUT2D eigenvalue weighted by Crippen LogP contribution is 2.26. The normalized spacial score (nSPS) is 13.5. The van der Waals surface area contributed by atoms with Gasteiger partial charge in [-0.2, -0.15) is 0 Å². The lowest BCUT2D eigenvalue weighted by Gasteiger charge is -2.24. The third-order valence-electron chi connectivity index (χ3n) is 5.88. The molecule has 1 saturated heterocycles. The van der Waals surface area contributed by atoms with Gasteiger partial charge in [0.25, 0.3) is 10.0 Å². The molecule has 1 heterocycles. The van der Waals surface area contributed by atoms with E-state index in [2.05, 4.69) is 10.2 Å². The molecule has 7 nitrogen and oxygen atoms in total. The number of amides is 1. The molecule has 0 aromatic heterocycles. The van der Waals surface area contributed by atoms with Gasteiger partial charge in [-0.05, 0) is 80.4 Å². The lowest BCUT2D eigenvalue weighted by Crippen LogP contribution is -2.38. The van der Waals surface area contributed by atoms with Crippen molar-refractivity contribution in [1.82, 2.24) is 0 Å². The van der Waals surface area contributed by atoms with Gasteiger partial charge in [0.15, 0.2) is 0 Å². The molecule has 178 valence electrons. The van der Waals surface area contributed by atoms with Gasteiger partial charge in [-0.3, -0.25) is 9.10 Å². The maximum absolute atomic E-state index is 13.5. The van der Waals surface area contributed by atoms with E-state index in [0.717, 1.165) is 28.6 Å². The molecule has 0 radical (unpaired) electrons. The summed E-state index contributed by atoms with van der Waals surface area (Å²) in [6.07, 6.45) is 2.38. The number of ether oxygens (including phenoxy) is 1. The fourth-order valence-electron chi connectivity index (χ4n) is 3.96. The first-order valence-electron chi connectivity index (χ1n) is 11.3. The van der Waals surface area contributed by atoms with E-state index in [9.17, 15) is 13.2 Å². The van der Waals surface area contributed by atoms with Crippen molar-refractivity contribution in [2.45, 2.75) is 24.7 Å². The highest BCUT2D eigenvalue weighted by atomic mass is 32.2.